The molecule has 7 heteroatoms. The van der Waals surface area contributed by atoms with Crippen LogP contribution < -0.4 is 10.6 Å². The quantitative estimate of drug-likeness (QED) is 0.732. The maximum atomic E-state index is 13.4. The van der Waals surface area contributed by atoms with Crippen LogP contribution in [0.4, 0.5) is 5.69 Å². The SMILES string of the molecule is O=C(NC1CCN2C(=O)c3cc(-c4ccc(Cl)cc4)ccc3NC(=O)C2C1)C1CCCC1. The number of piperidine rings is 1. The van der Waals surface area contributed by atoms with Gasteiger partial charge >= 0.3 is 0 Å². The van der Waals surface area contributed by atoms with Crippen LogP contribution in [-0.2, 0) is 9.59 Å². The number of benzene rings is 2. The molecule has 2 N–H and O–H groups in total. The fourth-order valence-electron chi connectivity index (χ4n) is 5.12. The summed E-state index contributed by atoms with van der Waals surface area (Å²) in [7, 11) is 0. The molecule has 166 valence electrons. The lowest BCUT2D eigenvalue weighted by atomic mass is 9.95. The normalized spacial score (nSPS) is 23.2. The number of carbonyl (C=O) groups is 3. The van der Waals surface area contributed by atoms with Crippen LogP contribution in [0.15, 0.2) is 42.5 Å². The van der Waals surface area contributed by atoms with E-state index in [-0.39, 0.29) is 29.7 Å². The highest BCUT2D eigenvalue weighted by atomic mass is 35.5. The number of fused-ring (bicyclic) bond motifs is 2. The second-order valence-electron chi connectivity index (χ2n) is 8.98. The highest BCUT2D eigenvalue weighted by molar-refractivity contribution is 6.30. The maximum absolute atomic E-state index is 13.4. The molecule has 3 amide bonds. The highest BCUT2D eigenvalue weighted by Crippen LogP contribution is 2.32. The van der Waals surface area contributed by atoms with E-state index in [1.54, 1.807) is 11.0 Å². The number of amides is 3. The Morgan fingerprint density at radius 2 is 1.72 bits per heavy atom. The molecule has 2 aromatic rings. The van der Waals surface area contributed by atoms with Crippen LogP contribution in [0.1, 0.15) is 48.9 Å². The van der Waals surface area contributed by atoms with E-state index in [4.69, 9.17) is 11.6 Å². The summed E-state index contributed by atoms with van der Waals surface area (Å²) in [6, 6.07) is 12.3. The molecule has 2 heterocycles. The molecule has 1 saturated heterocycles. The number of nitrogens with one attached hydrogen (secondary N) is 2. The standard InChI is InChI=1S/C25H26ClN3O3/c26-18-8-5-15(6-9-18)17-7-10-21-20(13-17)25(32)29-12-11-19(14-22(29)24(31)28-21)27-23(30)16-3-1-2-4-16/h5-10,13,16,19,22H,1-4,11-12,14H2,(H,27,30)(H,28,31). The van der Waals surface area contributed by atoms with Crippen molar-refractivity contribution in [2.24, 2.45) is 5.92 Å². The van der Waals surface area contributed by atoms with Gasteiger partial charge in [-0.25, -0.2) is 0 Å². The number of halogens is 1. The zero-order valence-corrected chi connectivity index (χ0v) is 18.5. The van der Waals surface area contributed by atoms with Crippen LogP contribution in [0, 0.1) is 5.92 Å². The number of hydrogen-bond acceptors (Lipinski definition) is 3. The number of carbonyl (C=O) groups excluding carboxylic acids is 3. The van der Waals surface area contributed by atoms with Crippen molar-refractivity contribution in [2.45, 2.75) is 50.6 Å². The van der Waals surface area contributed by atoms with Gasteiger partial charge in [-0.05, 0) is 61.1 Å². The van der Waals surface area contributed by atoms with Gasteiger partial charge in [-0.2, -0.15) is 0 Å². The average molecular weight is 452 g/mol. The van der Waals surface area contributed by atoms with Gasteiger partial charge in [-0.15, -0.1) is 0 Å². The average Bonchev–Trinajstić information content (AvgIpc) is 3.32. The van der Waals surface area contributed by atoms with E-state index in [1.165, 1.54) is 0 Å². The second kappa shape index (κ2) is 8.58. The zero-order chi connectivity index (χ0) is 22.2. The van der Waals surface area contributed by atoms with Crippen molar-refractivity contribution in [3.8, 4) is 11.1 Å². The van der Waals surface area contributed by atoms with Gasteiger partial charge in [0.1, 0.15) is 6.04 Å². The third kappa shape index (κ3) is 3.99. The van der Waals surface area contributed by atoms with Crippen molar-refractivity contribution in [3.05, 3.63) is 53.1 Å². The largest absolute Gasteiger partial charge is 0.353 e. The molecule has 0 bridgehead atoms. The summed E-state index contributed by atoms with van der Waals surface area (Å²) in [4.78, 5) is 40.6. The number of anilines is 1. The van der Waals surface area contributed by atoms with Crippen molar-refractivity contribution in [1.29, 1.82) is 0 Å². The van der Waals surface area contributed by atoms with Gasteiger partial charge in [0.25, 0.3) is 5.91 Å². The Morgan fingerprint density at radius 3 is 2.47 bits per heavy atom. The lowest BCUT2D eigenvalue weighted by Crippen LogP contribution is -2.55. The van der Waals surface area contributed by atoms with E-state index in [9.17, 15) is 14.4 Å². The van der Waals surface area contributed by atoms with E-state index in [0.29, 0.717) is 35.7 Å². The van der Waals surface area contributed by atoms with Crippen LogP contribution in [-0.4, -0.2) is 41.2 Å². The third-order valence-corrected chi connectivity index (χ3v) is 7.18. The third-order valence-electron chi connectivity index (χ3n) is 6.92. The molecule has 2 aliphatic heterocycles. The molecule has 5 rings (SSSR count). The number of rotatable bonds is 3. The van der Waals surface area contributed by atoms with Crippen LogP contribution >= 0.6 is 11.6 Å². The molecule has 1 saturated carbocycles. The minimum absolute atomic E-state index is 0.0891. The molecular weight excluding hydrogens is 426 g/mol. The van der Waals surface area contributed by atoms with Crippen LogP contribution in [0.2, 0.25) is 5.02 Å². The number of hydrogen-bond donors (Lipinski definition) is 2. The second-order valence-corrected chi connectivity index (χ2v) is 9.42. The molecule has 1 aliphatic carbocycles. The van der Waals surface area contributed by atoms with Gasteiger partial charge in [0.05, 0.1) is 11.3 Å². The van der Waals surface area contributed by atoms with Gasteiger partial charge in [0.2, 0.25) is 11.8 Å². The van der Waals surface area contributed by atoms with E-state index >= 15 is 0 Å². The molecule has 2 fully saturated rings. The van der Waals surface area contributed by atoms with Gasteiger partial charge in [0.15, 0.2) is 0 Å². The fraction of sp³-hybridized carbons (Fsp3) is 0.400. The molecule has 2 aromatic carbocycles. The number of nitrogens with zero attached hydrogens (tertiary/aromatic N) is 1. The lowest BCUT2D eigenvalue weighted by molar-refractivity contribution is -0.127. The first-order valence-electron chi connectivity index (χ1n) is 11.3. The topological polar surface area (TPSA) is 78.5 Å². The Balaban J connectivity index is 1.36. The van der Waals surface area contributed by atoms with Crippen molar-refractivity contribution in [2.75, 3.05) is 11.9 Å². The summed E-state index contributed by atoms with van der Waals surface area (Å²) in [5, 5.41) is 6.72. The summed E-state index contributed by atoms with van der Waals surface area (Å²) in [5.74, 6) is -0.166. The van der Waals surface area contributed by atoms with Crippen LogP contribution in [0.25, 0.3) is 11.1 Å². The first kappa shape index (κ1) is 21.0. The van der Waals surface area contributed by atoms with E-state index in [1.807, 2.05) is 36.4 Å². The van der Waals surface area contributed by atoms with Crippen LogP contribution in [0.5, 0.6) is 0 Å². The zero-order valence-electron chi connectivity index (χ0n) is 17.8. The molecule has 0 radical (unpaired) electrons. The minimum atomic E-state index is -0.587. The predicted molar refractivity (Wildman–Crippen MR) is 123 cm³/mol. The molecule has 32 heavy (non-hydrogen) atoms. The van der Waals surface area contributed by atoms with Crippen molar-refractivity contribution in [3.63, 3.8) is 0 Å². The van der Waals surface area contributed by atoms with Crippen molar-refractivity contribution in [1.82, 2.24) is 10.2 Å². The van der Waals surface area contributed by atoms with Crippen LogP contribution in [0.3, 0.4) is 0 Å². The summed E-state index contributed by atoms with van der Waals surface area (Å²) >= 11 is 6.00. The fourth-order valence-corrected chi connectivity index (χ4v) is 5.24. The molecule has 0 spiro atoms. The summed E-state index contributed by atoms with van der Waals surface area (Å²) in [6.07, 6.45) is 5.18. The van der Waals surface area contributed by atoms with E-state index in [2.05, 4.69) is 10.6 Å². The molecule has 0 aromatic heterocycles. The van der Waals surface area contributed by atoms with Gasteiger partial charge in [-0.1, -0.05) is 42.6 Å². The molecular formula is C25H26ClN3O3. The molecule has 3 aliphatic rings. The summed E-state index contributed by atoms with van der Waals surface area (Å²) < 4.78 is 0. The Labute approximate surface area is 192 Å². The predicted octanol–water partition coefficient (Wildman–Crippen LogP) is 4.24. The molecule has 2 unspecified atom stereocenters. The van der Waals surface area contributed by atoms with Gasteiger partial charge in [0, 0.05) is 23.5 Å². The summed E-state index contributed by atoms with van der Waals surface area (Å²) in [5.41, 5.74) is 2.85. The first-order chi connectivity index (χ1) is 15.5. The summed E-state index contributed by atoms with van der Waals surface area (Å²) in [6.45, 7) is 0.442. The van der Waals surface area contributed by atoms with Gasteiger partial charge in [-0.3, -0.25) is 14.4 Å². The molecule has 6 nitrogen and oxygen atoms in total. The Hall–Kier alpha value is -2.86. The monoisotopic (exact) mass is 451 g/mol. The highest BCUT2D eigenvalue weighted by Gasteiger charge is 2.40. The first-order valence-corrected chi connectivity index (χ1v) is 11.7. The Bertz CT molecular complexity index is 1060. The molecule has 2 atom stereocenters. The Kier molecular flexibility index (Phi) is 5.64. The minimum Gasteiger partial charge on any atom is -0.353 e. The van der Waals surface area contributed by atoms with Gasteiger partial charge < -0.3 is 15.5 Å². The van der Waals surface area contributed by atoms with E-state index < -0.39 is 6.04 Å². The van der Waals surface area contributed by atoms with Crippen molar-refractivity contribution < 1.29 is 14.4 Å². The maximum Gasteiger partial charge on any atom is 0.256 e. The van der Waals surface area contributed by atoms with Crippen molar-refractivity contribution >= 4 is 35.0 Å². The van der Waals surface area contributed by atoms with E-state index in [0.717, 1.165) is 36.8 Å². The lowest BCUT2D eigenvalue weighted by Gasteiger charge is -2.37. The Morgan fingerprint density at radius 1 is 1.00 bits per heavy atom. The smallest absolute Gasteiger partial charge is 0.256 e.